The Morgan fingerprint density at radius 3 is 2.86 bits per heavy atom. The second-order valence-electron chi connectivity index (χ2n) is 5.38. The normalized spacial score (nSPS) is 14.7. The minimum atomic E-state index is 0.875. The summed E-state index contributed by atoms with van der Waals surface area (Å²) in [7, 11) is 1.89. The maximum atomic E-state index is 11.3. The predicted molar refractivity (Wildman–Crippen MR) is 88.4 cm³/mol. The van der Waals surface area contributed by atoms with Crippen LogP contribution < -0.4 is 5.32 Å². The van der Waals surface area contributed by atoms with Crippen molar-refractivity contribution in [1.29, 1.82) is 0 Å². The van der Waals surface area contributed by atoms with Crippen LogP contribution in [0.4, 0.5) is 5.00 Å². The average Bonchev–Trinajstić information content (AvgIpc) is 2.90. The Balaban J connectivity index is 1.67. The number of thiophene rings is 1. The Hall–Kier alpha value is -1.65. The van der Waals surface area contributed by atoms with Crippen molar-refractivity contribution in [3.05, 3.63) is 51.9 Å². The van der Waals surface area contributed by atoms with Crippen molar-refractivity contribution in [2.75, 3.05) is 25.5 Å². The van der Waals surface area contributed by atoms with Crippen molar-refractivity contribution in [3.8, 4) is 0 Å². The number of nitrogens with one attached hydrogen (secondary N) is 1. The molecule has 0 amide bonds. The number of anilines is 1. The van der Waals surface area contributed by atoms with E-state index in [0.29, 0.717) is 0 Å². The first-order chi connectivity index (χ1) is 10.3. The van der Waals surface area contributed by atoms with E-state index in [1.807, 2.05) is 7.05 Å². The molecule has 3 nitrogen and oxygen atoms in total. The molecule has 0 spiro atoms. The first-order valence-electron chi connectivity index (χ1n) is 7.35. The number of fused-ring (bicyclic) bond motifs is 1. The number of rotatable bonds is 5. The molecule has 4 heteroatoms. The topological polar surface area (TPSA) is 32.3 Å². The van der Waals surface area contributed by atoms with Crippen molar-refractivity contribution < 1.29 is 4.79 Å². The summed E-state index contributed by atoms with van der Waals surface area (Å²) in [5.41, 5.74) is 3.52. The maximum absolute atomic E-state index is 11.3. The highest BCUT2D eigenvalue weighted by molar-refractivity contribution is 7.16. The summed E-state index contributed by atoms with van der Waals surface area (Å²) in [6, 6.07) is 10.6. The number of carbonyl (C=O) groups is 1. The van der Waals surface area contributed by atoms with Gasteiger partial charge in [-0.1, -0.05) is 30.3 Å². The fourth-order valence-corrected chi connectivity index (χ4v) is 4.13. The molecule has 1 N–H and O–H groups in total. The van der Waals surface area contributed by atoms with Gasteiger partial charge in [0.25, 0.3) is 0 Å². The monoisotopic (exact) mass is 300 g/mol. The van der Waals surface area contributed by atoms with Gasteiger partial charge in [0.15, 0.2) is 6.29 Å². The molecule has 0 bridgehead atoms. The highest BCUT2D eigenvalue weighted by atomic mass is 32.1. The second-order valence-corrected chi connectivity index (χ2v) is 6.48. The van der Waals surface area contributed by atoms with Gasteiger partial charge in [0.05, 0.1) is 10.6 Å². The Morgan fingerprint density at radius 1 is 1.33 bits per heavy atom. The van der Waals surface area contributed by atoms with Gasteiger partial charge in [0.2, 0.25) is 0 Å². The highest BCUT2D eigenvalue weighted by Gasteiger charge is 2.23. The van der Waals surface area contributed by atoms with E-state index in [-0.39, 0.29) is 0 Å². The van der Waals surface area contributed by atoms with Gasteiger partial charge in [0.1, 0.15) is 0 Å². The Kier molecular flexibility index (Phi) is 4.36. The molecule has 0 saturated heterocycles. The molecule has 0 aliphatic carbocycles. The molecular formula is C17H20N2OS. The first kappa shape index (κ1) is 14.3. The van der Waals surface area contributed by atoms with E-state index in [4.69, 9.17) is 0 Å². The van der Waals surface area contributed by atoms with E-state index in [2.05, 4.69) is 40.5 Å². The molecule has 0 atom stereocenters. The quantitative estimate of drug-likeness (QED) is 0.861. The summed E-state index contributed by atoms with van der Waals surface area (Å²) < 4.78 is 0. The average molecular weight is 300 g/mol. The molecule has 0 saturated carbocycles. The third-order valence-corrected chi connectivity index (χ3v) is 5.33. The molecule has 1 aliphatic rings. The zero-order chi connectivity index (χ0) is 14.7. The van der Waals surface area contributed by atoms with Crippen molar-refractivity contribution in [2.45, 2.75) is 19.4 Å². The maximum Gasteiger partial charge on any atom is 0.153 e. The molecule has 1 aliphatic heterocycles. The van der Waals surface area contributed by atoms with Gasteiger partial charge in [-0.25, -0.2) is 0 Å². The summed E-state index contributed by atoms with van der Waals surface area (Å²) in [5.74, 6) is 0. The van der Waals surface area contributed by atoms with Gasteiger partial charge < -0.3 is 5.32 Å². The molecule has 2 aromatic rings. The van der Waals surface area contributed by atoms with Crippen LogP contribution in [0.25, 0.3) is 0 Å². The van der Waals surface area contributed by atoms with Crippen molar-refractivity contribution in [1.82, 2.24) is 4.90 Å². The van der Waals surface area contributed by atoms with Crippen LogP contribution in [-0.2, 0) is 19.4 Å². The largest absolute Gasteiger partial charge is 0.379 e. The summed E-state index contributed by atoms with van der Waals surface area (Å²) in [4.78, 5) is 15.1. The molecule has 1 aromatic carbocycles. The summed E-state index contributed by atoms with van der Waals surface area (Å²) >= 11 is 1.73. The Morgan fingerprint density at radius 2 is 2.14 bits per heavy atom. The van der Waals surface area contributed by atoms with E-state index in [1.54, 1.807) is 11.3 Å². The van der Waals surface area contributed by atoms with Crippen LogP contribution in [0.1, 0.15) is 26.4 Å². The fourth-order valence-electron chi connectivity index (χ4n) is 2.91. The fraction of sp³-hybridized carbons (Fsp3) is 0.353. The van der Waals surface area contributed by atoms with Gasteiger partial charge in [-0.15, -0.1) is 11.3 Å². The van der Waals surface area contributed by atoms with Crippen LogP contribution in [-0.4, -0.2) is 31.3 Å². The number of hydrogen-bond donors (Lipinski definition) is 1. The van der Waals surface area contributed by atoms with Gasteiger partial charge in [-0.2, -0.15) is 0 Å². The van der Waals surface area contributed by atoms with Crippen LogP contribution in [0.15, 0.2) is 30.3 Å². The standard InChI is InChI=1S/C17H20N2OS/c1-18-17-15(12-20)14-8-10-19(11-16(14)21-17)9-7-13-5-3-2-4-6-13/h2-6,12,18H,7-11H2,1H3. The third-order valence-electron chi connectivity index (χ3n) is 4.08. The number of benzene rings is 1. The molecule has 110 valence electrons. The lowest BCUT2D eigenvalue weighted by atomic mass is 10.0. The zero-order valence-electron chi connectivity index (χ0n) is 12.3. The molecule has 0 radical (unpaired) electrons. The predicted octanol–water partition coefficient (Wildman–Crippen LogP) is 3.20. The number of aldehydes is 1. The van der Waals surface area contributed by atoms with Crippen LogP contribution in [0.2, 0.25) is 0 Å². The smallest absolute Gasteiger partial charge is 0.153 e. The van der Waals surface area contributed by atoms with E-state index < -0.39 is 0 Å². The zero-order valence-corrected chi connectivity index (χ0v) is 13.1. The lowest BCUT2D eigenvalue weighted by Gasteiger charge is -2.26. The molecule has 21 heavy (non-hydrogen) atoms. The molecular weight excluding hydrogens is 280 g/mol. The van der Waals surface area contributed by atoms with E-state index in [1.165, 1.54) is 16.0 Å². The number of nitrogens with zero attached hydrogens (tertiary/aromatic N) is 1. The molecule has 0 unspecified atom stereocenters. The first-order valence-corrected chi connectivity index (χ1v) is 8.17. The Labute approximate surface area is 129 Å². The lowest BCUT2D eigenvalue weighted by Crippen LogP contribution is -2.31. The Bertz CT molecular complexity index is 621. The molecule has 2 heterocycles. The summed E-state index contributed by atoms with van der Waals surface area (Å²) in [6.45, 7) is 3.09. The minimum absolute atomic E-state index is 0.875. The van der Waals surface area contributed by atoms with E-state index in [0.717, 1.165) is 49.3 Å². The number of hydrogen-bond acceptors (Lipinski definition) is 4. The lowest BCUT2D eigenvalue weighted by molar-refractivity contribution is 0.112. The van der Waals surface area contributed by atoms with Crippen LogP contribution in [0, 0.1) is 0 Å². The van der Waals surface area contributed by atoms with Gasteiger partial charge in [-0.05, 0) is 24.0 Å². The van der Waals surface area contributed by atoms with Crippen molar-refractivity contribution >= 4 is 22.6 Å². The van der Waals surface area contributed by atoms with Gasteiger partial charge >= 0.3 is 0 Å². The summed E-state index contributed by atoms with van der Waals surface area (Å²) in [5, 5.41) is 4.16. The second kappa shape index (κ2) is 6.41. The molecule has 3 rings (SSSR count). The number of carbonyl (C=O) groups excluding carboxylic acids is 1. The minimum Gasteiger partial charge on any atom is -0.379 e. The molecule has 0 fully saturated rings. The van der Waals surface area contributed by atoms with Crippen LogP contribution in [0.3, 0.4) is 0 Å². The SMILES string of the molecule is CNc1sc2c(c1C=O)CCN(CCc1ccccc1)C2. The highest BCUT2D eigenvalue weighted by Crippen LogP contribution is 2.35. The van der Waals surface area contributed by atoms with E-state index in [9.17, 15) is 4.79 Å². The van der Waals surface area contributed by atoms with Crippen LogP contribution >= 0.6 is 11.3 Å². The van der Waals surface area contributed by atoms with Gasteiger partial charge in [0, 0.05) is 31.6 Å². The van der Waals surface area contributed by atoms with Gasteiger partial charge in [-0.3, -0.25) is 9.69 Å². The molecule has 1 aromatic heterocycles. The summed E-state index contributed by atoms with van der Waals surface area (Å²) in [6.07, 6.45) is 3.07. The van der Waals surface area contributed by atoms with Crippen molar-refractivity contribution in [2.24, 2.45) is 0 Å². The van der Waals surface area contributed by atoms with Crippen molar-refractivity contribution in [3.63, 3.8) is 0 Å². The third kappa shape index (κ3) is 3.01. The van der Waals surface area contributed by atoms with E-state index >= 15 is 0 Å². The van der Waals surface area contributed by atoms with Crippen LogP contribution in [0.5, 0.6) is 0 Å².